The van der Waals surface area contributed by atoms with E-state index in [9.17, 15) is 0 Å². The van der Waals surface area contributed by atoms with E-state index in [0.29, 0.717) is 12.5 Å². The highest BCUT2D eigenvalue weighted by atomic mass is 16.5. The molecule has 0 aromatic carbocycles. The summed E-state index contributed by atoms with van der Waals surface area (Å²) in [5.74, 6) is 0.273. The van der Waals surface area contributed by atoms with Gasteiger partial charge in [0.2, 0.25) is 0 Å². The third kappa shape index (κ3) is 5.20. The molecule has 1 heterocycles. The van der Waals surface area contributed by atoms with Crippen LogP contribution in [-0.2, 0) is 4.74 Å². The van der Waals surface area contributed by atoms with Crippen LogP contribution in [0.5, 0.6) is 0 Å². The molecule has 1 fully saturated rings. The number of hydrogen-bond acceptors (Lipinski definition) is 5. The molecule has 3 N–H and O–H groups in total. The molecule has 0 bridgehead atoms. The summed E-state index contributed by atoms with van der Waals surface area (Å²) in [6.45, 7) is 8.87. The molecule has 6 nitrogen and oxygen atoms in total. The van der Waals surface area contributed by atoms with Crippen molar-refractivity contribution in [2.45, 2.75) is 32.4 Å². The molecule has 0 spiro atoms. The Morgan fingerprint density at radius 1 is 1.61 bits per heavy atom. The Bertz CT molecular complexity index is 271. The van der Waals surface area contributed by atoms with Gasteiger partial charge in [0.1, 0.15) is 5.84 Å². The summed E-state index contributed by atoms with van der Waals surface area (Å²) < 4.78 is 5.77. The largest absolute Gasteiger partial charge is 0.409 e. The number of rotatable bonds is 6. The molecule has 0 aliphatic carbocycles. The third-order valence-corrected chi connectivity index (χ3v) is 3.29. The minimum atomic E-state index is 0.249. The highest BCUT2D eigenvalue weighted by Crippen LogP contribution is 2.09. The smallest absolute Gasteiger partial charge is 0.140 e. The van der Waals surface area contributed by atoms with Gasteiger partial charge in [-0.3, -0.25) is 4.90 Å². The summed E-state index contributed by atoms with van der Waals surface area (Å²) in [7, 11) is 2.03. The Morgan fingerprint density at radius 3 is 2.94 bits per heavy atom. The first-order valence-corrected chi connectivity index (χ1v) is 6.53. The van der Waals surface area contributed by atoms with Crippen molar-refractivity contribution in [1.29, 1.82) is 0 Å². The fraction of sp³-hybridized carbons (Fsp3) is 0.917. The molecule has 1 saturated heterocycles. The average molecular weight is 258 g/mol. The lowest BCUT2D eigenvalue weighted by Crippen LogP contribution is -2.49. The van der Waals surface area contributed by atoms with Crippen LogP contribution in [0.25, 0.3) is 0 Å². The molecule has 106 valence electrons. The van der Waals surface area contributed by atoms with Crippen molar-refractivity contribution < 1.29 is 9.94 Å². The van der Waals surface area contributed by atoms with Crippen LogP contribution < -0.4 is 5.73 Å². The molecule has 1 unspecified atom stereocenters. The predicted octanol–water partition coefficient (Wildman–Crippen LogP) is 0.164. The van der Waals surface area contributed by atoms with E-state index in [2.05, 4.69) is 28.8 Å². The van der Waals surface area contributed by atoms with Crippen LogP contribution in [0.15, 0.2) is 5.16 Å². The van der Waals surface area contributed by atoms with Gasteiger partial charge in [0.25, 0.3) is 0 Å². The van der Waals surface area contributed by atoms with Crippen LogP contribution in [0.4, 0.5) is 0 Å². The van der Waals surface area contributed by atoms with Crippen molar-refractivity contribution in [2.24, 2.45) is 10.9 Å². The minimum absolute atomic E-state index is 0.249. The summed E-state index contributed by atoms with van der Waals surface area (Å²) in [5, 5.41) is 11.4. The van der Waals surface area contributed by atoms with Gasteiger partial charge in [-0.1, -0.05) is 5.16 Å². The van der Waals surface area contributed by atoms with Crippen LogP contribution in [0, 0.1) is 0 Å². The Balaban J connectivity index is 2.28. The van der Waals surface area contributed by atoms with E-state index >= 15 is 0 Å². The molecule has 0 aromatic heterocycles. The highest BCUT2D eigenvalue weighted by Gasteiger charge is 2.23. The van der Waals surface area contributed by atoms with Crippen molar-refractivity contribution in [3.05, 3.63) is 0 Å². The SMILES string of the molecule is CC(C)N1CCOC(CN(C)CCC(N)=NO)C1. The van der Waals surface area contributed by atoms with Crippen LogP contribution in [-0.4, -0.2) is 72.8 Å². The topological polar surface area (TPSA) is 74.3 Å². The van der Waals surface area contributed by atoms with Crippen molar-refractivity contribution >= 4 is 5.84 Å². The Morgan fingerprint density at radius 2 is 2.33 bits per heavy atom. The number of oxime groups is 1. The van der Waals surface area contributed by atoms with Gasteiger partial charge < -0.3 is 20.6 Å². The quantitative estimate of drug-likeness (QED) is 0.307. The van der Waals surface area contributed by atoms with Crippen molar-refractivity contribution in [3.63, 3.8) is 0 Å². The zero-order valence-electron chi connectivity index (χ0n) is 11.7. The zero-order chi connectivity index (χ0) is 13.5. The number of nitrogens with zero attached hydrogens (tertiary/aromatic N) is 3. The number of nitrogens with two attached hydrogens (primary N) is 1. The molecule has 0 aromatic rings. The van der Waals surface area contributed by atoms with Crippen molar-refractivity contribution in [1.82, 2.24) is 9.80 Å². The molecule has 0 saturated carbocycles. The van der Waals surface area contributed by atoms with E-state index in [1.165, 1.54) is 0 Å². The molecule has 18 heavy (non-hydrogen) atoms. The molecule has 1 aliphatic rings. The molecule has 1 aliphatic heterocycles. The van der Waals surface area contributed by atoms with Crippen LogP contribution >= 0.6 is 0 Å². The normalized spacial score (nSPS) is 22.9. The lowest BCUT2D eigenvalue weighted by Gasteiger charge is -2.37. The van der Waals surface area contributed by atoms with Gasteiger partial charge >= 0.3 is 0 Å². The first-order valence-electron chi connectivity index (χ1n) is 6.53. The maximum Gasteiger partial charge on any atom is 0.140 e. The number of likely N-dealkylation sites (N-methyl/N-ethyl adjacent to an activating group) is 1. The lowest BCUT2D eigenvalue weighted by molar-refractivity contribution is -0.0492. The van der Waals surface area contributed by atoms with E-state index in [0.717, 1.165) is 32.8 Å². The van der Waals surface area contributed by atoms with Gasteiger partial charge in [0.05, 0.1) is 12.7 Å². The number of ether oxygens (including phenoxy) is 1. The van der Waals surface area contributed by atoms with E-state index in [1.807, 2.05) is 7.05 Å². The maximum absolute atomic E-state index is 8.48. The fourth-order valence-electron chi connectivity index (χ4n) is 2.12. The second-order valence-corrected chi connectivity index (χ2v) is 5.19. The maximum atomic E-state index is 8.48. The first kappa shape index (κ1) is 15.2. The van der Waals surface area contributed by atoms with E-state index in [4.69, 9.17) is 15.7 Å². The molecule has 6 heteroatoms. The van der Waals surface area contributed by atoms with Gasteiger partial charge in [-0.25, -0.2) is 0 Å². The van der Waals surface area contributed by atoms with Crippen LogP contribution in [0.2, 0.25) is 0 Å². The monoisotopic (exact) mass is 258 g/mol. The van der Waals surface area contributed by atoms with Gasteiger partial charge in [-0.15, -0.1) is 0 Å². The number of morpholine rings is 1. The van der Waals surface area contributed by atoms with Crippen LogP contribution in [0.1, 0.15) is 20.3 Å². The van der Waals surface area contributed by atoms with Gasteiger partial charge in [-0.05, 0) is 20.9 Å². The molecular weight excluding hydrogens is 232 g/mol. The Labute approximate surface area is 109 Å². The second-order valence-electron chi connectivity index (χ2n) is 5.19. The van der Waals surface area contributed by atoms with Crippen molar-refractivity contribution in [2.75, 3.05) is 39.8 Å². The van der Waals surface area contributed by atoms with Crippen LogP contribution in [0.3, 0.4) is 0 Å². The second kappa shape index (κ2) is 7.56. The lowest BCUT2D eigenvalue weighted by atomic mass is 10.2. The minimum Gasteiger partial charge on any atom is -0.409 e. The van der Waals surface area contributed by atoms with Crippen molar-refractivity contribution in [3.8, 4) is 0 Å². The highest BCUT2D eigenvalue weighted by molar-refractivity contribution is 5.79. The third-order valence-electron chi connectivity index (χ3n) is 3.29. The summed E-state index contributed by atoms with van der Waals surface area (Å²) >= 11 is 0. The fourth-order valence-corrected chi connectivity index (χ4v) is 2.12. The van der Waals surface area contributed by atoms with E-state index in [-0.39, 0.29) is 11.9 Å². The first-order chi connectivity index (χ1) is 8.52. The van der Waals surface area contributed by atoms with Gasteiger partial charge in [-0.2, -0.15) is 0 Å². The average Bonchev–Trinajstić information content (AvgIpc) is 2.36. The molecular formula is C12H26N4O2. The van der Waals surface area contributed by atoms with E-state index < -0.39 is 0 Å². The number of hydrogen-bond donors (Lipinski definition) is 2. The molecule has 0 amide bonds. The van der Waals surface area contributed by atoms with Gasteiger partial charge in [0.15, 0.2) is 0 Å². The standard InChI is InChI=1S/C12H26N4O2/c1-10(2)16-6-7-18-11(9-16)8-15(3)5-4-12(13)14-17/h10-11,17H,4-9H2,1-3H3,(H2,13,14). The molecule has 1 rings (SSSR count). The molecule has 0 radical (unpaired) electrons. The Kier molecular flexibility index (Phi) is 6.38. The van der Waals surface area contributed by atoms with Gasteiger partial charge in [0, 0.05) is 38.6 Å². The number of amidine groups is 1. The zero-order valence-corrected chi connectivity index (χ0v) is 11.7. The Hall–Kier alpha value is -0.850. The summed E-state index contributed by atoms with van der Waals surface area (Å²) in [4.78, 5) is 4.60. The summed E-state index contributed by atoms with van der Waals surface area (Å²) in [6, 6.07) is 0.568. The van der Waals surface area contributed by atoms with E-state index in [1.54, 1.807) is 0 Å². The summed E-state index contributed by atoms with van der Waals surface area (Å²) in [5.41, 5.74) is 5.45. The summed E-state index contributed by atoms with van der Waals surface area (Å²) in [6.07, 6.45) is 0.826. The molecule has 1 atom stereocenters. The predicted molar refractivity (Wildman–Crippen MR) is 72.0 cm³/mol.